The number of thioether (sulfide) groups is 1. The molecule has 0 fully saturated rings. The Morgan fingerprint density at radius 3 is 2.89 bits per heavy atom. The quantitative estimate of drug-likeness (QED) is 0.712. The van der Waals surface area contributed by atoms with Crippen LogP contribution in [0.15, 0.2) is 23.4 Å². The van der Waals surface area contributed by atoms with Crippen LogP contribution in [0.25, 0.3) is 0 Å². The zero-order valence-electron chi connectivity index (χ0n) is 11.5. The number of aliphatic hydroxyl groups excluding tert-OH is 1. The van der Waals surface area contributed by atoms with E-state index in [1.807, 2.05) is 13.1 Å². The molecule has 3 nitrogen and oxygen atoms in total. The van der Waals surface area contributed by atoms with E-state index in [1.54, 1.807) is 11.8 Å². The second-order valence-corrected chi connectivity index (χ2v) is 5.74. The maximum atomic E-state index is 9.01. The molecule has 0 amide bonds. The monoisotopic (exact) mass is 268 g/mol. The van der Waals surface area contributed by atoms with Crippen LogP contribution in [0.4, 0.5) is 0 Å². The Balaban J connectivity index is 2.55. The predicted molar refractivity (Wildman–Crippen MR) is 77.9 cm³/mol. The Labute approximate surface area is 114 Å². The van der Waals surface area contributed by atoms with E-state index in [2.05, 4.69) is 36.3 Å². The van der Waals surface area contributed by atoms with Gasteiger partial charge in [0, 0.05) is 24.6 Å². The highest BCUT2D eigenvalue weighted by Crippen LogP contribution is 2.21. The van der Waals surface area contributed by atoms with Crippen LogP contribution in [0.3, 0.4) is 0 Å². The average molecular weight is 268 g/mol. The second kappa shape index (κ2) is 8.51. The lowest BCUT2D eigenvalue weighted by Gasteiger charge is -2.14. The fraction of sp³-hybridized carbons (Fsp3) is 0.643. The molecular weight excluding hydrogens is 244 g/mol. The standard InChI is InChI=1S/C14H24N2OS/c1-4-6-15-12(3)13-5-7-16-14(8-13)18-10-11(2)9-17/h5,7-8,11-12,15,17H,4,6,9-10H2,1-3H3. The summed E-state index contributed by atoms with van der Waals surface area (Å²) in [7, 11) is 0. The molecular formula is C14H24N2OS. The molecule has 2 atom stereocenters. The van der Waals surface area contributed by atoms with Gasteiger partial charge in [-0.3, -0.25) is 0 Å². The minimum Gasteiger partial charge on any atom is -0.396 e. The van der Waals surface area contributed by atoms with Gasteiger partial charge in [-0.1, -0.05) is 13.8 Å². The van der Waals surface area contributed by atoms with Gasteiger partial charge in [-0.15, -0.1) is 11.8 Å². The molecule has 0 spiro atoms. The van der Waals surface area contributed by atoms with Gasteiger partial charge in [0.1, 0.15) is 0 Å². The van der Waals surface area contributed by atoms with Gasteiger partial charge in [-0.05, 0) is 43.5 Å². The highest BCUT2D eigenvalue weighted by molar-refractivity contribution is 7.99. The van der Waals surface area contributed by atoms with Crippen LogP contribution < -0.4 is 5.32 Å². The Morgan fingerprint density at radius 2 is 2.22 bits per heavy atom. The topological polar surface area (TPSA) is 45.2 Å². The van der Waals surface area contributed by atoms with Crippen LogP contribution in [0.1, 0.15) is 38.8 Å². The normalized spacial score (nSPS) is 14.4. The summed E-state index contributed by atoms with van der Waals surface area (Å²) in [4.78, 5) is 4.36. The highest BCUT2D eigenvalue weighted by Gasteiger charge is 2.07. The van der Waals surface area contributed by atoms with Gasteiger partial charge in [0.25, 0.3) is 0 Å². The number of nitrogens with one attached hydrogen (secondary N) is 1. The number of hydrogen-bond acceptors (Lipinski definition) is 4. The number of aliphatic hydroxyl groups is 1. The van der Waals surface area contributed by atoms with Crippen molar-refractivity contribution in [3.05, 3.63) is 23.9 Å². The van der Waals surface area contributed by atoms with Crippen molar-refractivity contribution in [2.75, 3.05) is 18.9 Å². The summed E-state index contributed by atoms with van der Waals surface area (Å²) in [5.41, 5.74) is 1.28. The minimum atomic E-state index is 0.237. The van der Waals surface area contributed by atoms with Crippen LogP contribution >= 0.6 is 11.8 Å². The van der Waals surface area contributed by atoms with Crippen molar-refractivity contribution in [2.45, 2.75) is 38.3 Å². The molecule has 102 valence electrons. The van der Waals surface area contributed by atoms with E-state index < -0.39 is 0 Å². The third-order valence-electron chi connectivity index (χ3n) is 2.79. The molecule has 1 aromatic rings. The Bertz CT molecular complexity index is 346. The number of rotatable bonds is 8. The van der Waals surface area contributed by atoms with Crippen molar-refractivity contribution in [3.8, 4) is 0 Å². The van der Waals surface area contributed by atoms with Crippen molar-refractivity contribution < 1.29 is 5.11 Å². The highest BCUT2D eigenvalue weighted by atomic mass is 32.2. The zero-order valence-corrected chi connectivity index (χ0v) is 12.3. The molecule has 1 rings (SSSR count). The Hall–Kier alpha value is -0.580. The van der Waals surface area contributed by atoms with E-state index in [0.29, 0.717) is 12.0 Å². The first-order valence-corrected chi connectivity index (χ1v) is 7.58. The smallest absolute Gasteiger partial charge is 0.0963 e. The van der Waals surface area contributed by atoms with E-state index in [-0.39, 0.29) is 6.61 Å². The molecule has 0 saturated heterocycles. The summed E-state index contributed by atoms with van der Waals surface area (Å²) in [6.45, 7) is 7.66. The lowest BCUT2D eigenvalue weighted by molar-refractivity contribution is 0.250. The van der Waals surface area contributed by atoms with Gasteiger partial charge < -0.3 is 10.4 Å². The third-order valence-corrected chi connectivity index (χ3v) is 4.04. The summed E-state index contributed by atoms with van der Waals surface area (Å²) in [6.07, 6.45) is 3.01. The van der Waals surface area contributed by atoms with E-state index >= 15 is 0 Å². The molecule has 0 aliphatic carbocycles. The first-order valence-electron chi connectivity index (χ1n) is 6.60. The SMILES string of the molecule is CCCNC(C)c1ccnc(SCC(C)CO)c1. The predicted octanol–water partition coefficient (Wildman–Crippen LogP) is 2.86. The summed E-state index contributed by atoms with van der Waals surface area (Å²) >= 11 is 1.71. The van der Waals surface area contributed by atoms with Crippen molar-refractivity contribution in [1.82, 2.24) is 10.3 Å². The fourth-order valence-electron chi connectivity index (χ4n) is 1.53. The van der Waals surface area contributed by atoms with Crippen molar-refractivity contribution in [3.63, 3.8) is 0 Å². The van der Waals surface area contributed by atoms with Crippen molar-refractivity contribution in [2.24, 2.45) is 5.92 Å². The maximum Gasteiger partial charge on any atom is 0.0963 e. The molecule has 0 aliphatic rings. The van der Waals surface area contributed by atoms with E-state index in [9.17, 15) is 0 Å². The Kier molecular flexibility index (Phi) is 7.32. The van der Waals surface area contributed by atoms with Crippen molar-refractivity contribution in [1.29, 1.82) is 0 Å². The van der Waals surface area contributed by atoms with Crippen molar-refractivity contribution >= 4 is 11.8 Å². The van der Waals surface area contributed by atoms with Gasteiger partial charge in [0.15, 0.2) is 0 Å². The maximum absolute atomic E-state index is 9.01. The molecule has 0 radical (unpaired) electrons. The number of nitrogens with zero attached hydrogens (tertiary/aromatic N) is 1. The summed E-state index contributed by atoms with van der Waals surface area (Å²) in [6, 6.07) is 4.57. The van der Waals surface area contributed by atoms with Gasteiger partial charge >= 0.3 is 0 Å². The van der Waals surface area contributed by atoms with Crippen LogP contribution in [0.5, 0.6) is 0 Å². The lowest BCUT2D eigenvalue weighted by atomic mass is 10.1. The lowest BCUT2D eigenvalue weighted by Crippen LogP contribution is -2.19. The molecule has 0 aliphatic heterocycles. The van der Waals surface area contributed by atoms with Crippen LogP contribution in [0, 0.1) is 5.92 Å². The average Bonchev–Trinajstić information content (AvgIpc) is 2.42. The first-order chi connectivity index (χ1) is 8.67. The van der Waals surface area contributed by atoms with Gasteiger partial charge in [-0.2, -0.15) is 0 Å². The molecule has 0 bridgehead atoms. The van der Waals surface area contributed by atoms with Crippen LogP contribution in [0.2, 0.25) is 0 Å². The summed E-state index contributed by atoms with van der Waals surface area (Å²) in [5, 5.41) is 13.5. The van der Waals surface area contributed by atoms with Crippen LogP contribution in [-0.2, 0) is 0 Å². The molecule has 18 heavy (non-hydrogen) atoms. The van der Waals surface area contributed by atoms with Gasteiger partial charge in [0.2, 0.25) is 0 Å². The number of hydrogen-bond donors (Lipinski definition) is 2. The molecule has 2 N–H and O–H groups in total. The molecule has 4 heteroatoms. The molecule has 2 unspecified atom stereocenters. The third kappa shape index (κ3) is 5.38. The van der Waals surface area contributed by atoms with Crippen LogP contribution in [-0.4, -0.2) is 29.0 Å². The molecule has 1 heterocycles. The molecule has 1 aromatic heterocycles. The summed E-state index contributed by atoms with van der Waals surface area (Å²) in [5.74, 6) is 1.22. The minimum absolute atomic E-state index is 0.237. The second-order valence-electron chi connectivity index (χ2n) is 4.70. The van der Waals surface area contributed by atoms with E-state index in [4.69, 9.17) is 5.11 Å². The Morgan fingerprint density at radius 1 is 1.44 bits per heavy atom. The van der Waals surface area contributed by atoms with E-state index in [1.165, 1.54) is 5.56 Å². The van der Waals surface area contributed by atoms with E-state index in [0.717, 1.165) is 23.7 Å². The zero-order chi connectivity index (χ0) is 13.4. The van der Waals surface area contributed by atoms with Gasteiger partial charge in [0.05, 0.1) is 5.03 Å². The first kappa shape index (κ1) is 15.5. The van der Waals surface area contributed by atoms with Gasteiger partial charge in [-0.25, -0.2) is 4.98 Å². The number of pyridine rings is 1. The fourth-order valence-corrected chi connectivity index (χ4v) is 2.45. The number of aromatic nitrogens is 1. The largest absolute Gasteiger partial charge is 0.396 e. The molecule has 0 saturated carbocycles. The molecule has 0 aromatic carbocycles. The summed E-state index contributed by atoms with van der Waals surface area (Å²) < 4.78 is 0.